The lowest BCUT2D eigenvalue weighted by atomic mass is 9.96. The molecule has 1 aromatic carbocycles. The van der Waals surface area contributed by atoms with Crippen LogP contribution in [0, 0.1) is 5.92 Å². The Labute approximate surface area is 105 Å². The van der Waals surface area contributed by atoms with E-state index < -0.39 is 0 Å². The van der Waals surface area contributed by atoms with Gasteiger partial charge in [0.2, 0.25) is 0 Å². The molecular weight excluding hydrogens is 208 g/mol. The molecule has 0 saturated heterocycles. The van der Waals surface area contributed by atoms with Crippen LogP contribution in [0.2, 0.25) is 0 Å². The number of hydrogen-bond donors (Lipinski definition) is 1. The number of nitrogens with two attached hydrogens (primary N) is 1. The van der Waals surface area contributed by atoms with Crippen molar-refractivity contribution in [3.63, 3.8) is 0 Å². The Morgan fingerprint density at radius 2 is 2.24 bits per heavy atom. The van der Waals surface area contributed by atoms with Crippen molar-refractivity contribution in [1.82, 2.24) is 4.90 Å². The quantitative estimate of drug-likeness (QED) is 0.808. The van der Waals surface area contributed by atoms with Crippen LogP contribution in [0.1, 0.15) is 37.8 Å². The van der Waals surface area contributed by atoms with Crippen LogP contribution in [-0.2, 0) is 13.0 Å². The first-order valence-electron chi connectivity index (χ1n) is 6.79. The summed E-state index contributed by atoms with van der Waals surface area (Å²) >= 11 is 0. The topological polar surface area (TPSA) is 29.3 Å². The molecular formula is C15H24N2. The molecule has 94 valence electrons. The average molecular weight is 232 g/mol. The van der Waals surface area contributed by atoms with E-state index in [0.29, 0.717) is 0 Å². The number of anilines is 1. The van der Waals surface area contributed by atoms with E-state index in [0.717, 1.165) is 24.6 Å². The first-order chi connectivity index (χ1) is 8.20. The highest BCUT2D eigenvalue weighted by atomic mass is 15.1. The van der Waals surface area contributed by atoms with Crippen molar-refractivity contribution in [1.29, 1.82) is 0 Å². The van der Waals surface area contributed by atoms with Gasteiger partial charge in [-0.1, -0.05) is 32.4 Å². The number of rotatable bonds is 4. The molecule has 0 radical (unpaired) electrons. The molecule has 2 heteroatoms. The molecule has 1 aromatic rings. The lowest BCUT2D eigenvalue weighted by Crippen LogP contribution is -2.34. The Bertz CT molecular complexity index is 373. The minimum absolute atomic E-state index is 0.798. The van der Waals surface area contributed by atoms with Gasteiger partial charge in [-0.15, -0.1) is 0 Å². The van der Waals surface area contributed by atoms with Crippen molar-refractivity contribution < 1.29 is 0 Å². The minimum Gasteiger partial charge on any atom is -0.398 e. The largest absolute Gasteiger partial charge is 0.398 e. The van der Waals surface area contributed by atoms with Crippen LogP contribution in [0.5, 0.6) is 0 Å². The smallest absolute Gasteiger partial charge is 0.0362 e. The SMILES string of the molecule is CCCC(C)CN1CCc2cccc(N)c2C1. The van der Waals surface area contributed by atoms with E-state index in [2.05, 4.69) is 30.9 Å². The molecule has 0 amide bonds. The van der Waals surface area contributed by atoms with Crippen molar-refractivity contribution in [3.8, 4) is 0 Å². The van der Waals surface area contributed by atoms with Gasteiger partial charge in [-0.05, 0) is 36.0 Å². The van der Waals surface area contributed by atoms with Crippen LogP contribution in [0.4, 0.5) is 5.69 Å². The zero-order valence-electron chi connectivity index (χ0n) is 11.1. The number of fused-ring (bicyclic) bond motifs is 1. The lowest BCUT2D eigenvalue weighted by molar-refractivity contribution is 0.215. The molecule has 1 aliphatic rings. The molecule has 0 fully saturated rings. The van der Waals surface area contributed by atoms with Gasteiger partial charge in [0.05, 0.1) is 0 Å². The highest BCUT2D eigenvalue weighted by Gasteiger charge is 2.19. The standard InChI is InChI=1S/C15H24N2/c1-3-5-12(2)10-17-9-8-13-6-4-7-15(16)14(13)11-17/h4,6-7,12H,3,5,8-11,16H2,1-2H3. The van der Waals surface area contributed by atoms with E-state index in [1.54, 1.807) is 0 Å². The molecule has 2 N–H and O–H groups in total. The van der Waals surface area contributed by atoms with Crippen LogP contribution in [0.15, 0.2) is 18.2 Å². The van der Waals surface area contributed by atoms with Gasteiger partial charge in [-0.25, -0.2) is 0 Å². The minimum atomic E-state index is 0.798. The number of nitrogens with zero attached hydrogens (tertiary/aromatic N) is 1. The summed E-state index contributed by atoms with van der Waals surface area (Å²) in [6.07, 6.45) is 3.76. The zero-order chi connectivity index (χ0) is 12.3. The summed E-state index contributed by atoms with van der Waals surface area (Å²) < 4.78 is 0. The average Bonchev–Trinajstić information content (AvgIpc) is 2.30. The molecule has 1 unspecified atom stereocenters. The molecule has 0 aliphatic carbocycles. The summed E-state index contributed by atoms with van der Waals surface area (Å²) in [5, 5.41) is 0. The third-order valence-corrected chi connectivity index (χ3v) is 3.74. The van der Waals surface area contributed by atoms with Crippen molar-refractivity contribution in [3.05, 3.63) is 29.3 Å². The Balaban J connectivity index is 2.00. The van der Waals surface area contributed by atoms with Crippen molar-refractivity contribution >= 4 is 5.69 Å². The highest BCUT2D eigenvalue weighted by molar-refractivity contribution is 5.51. The summed E-state index contributed by atoms with van der Waals surface area (Å²) in [5.41, 5.74) is 9.85. The molecule has 0 bridgehead atoms. The molecule has 17 heavy (non-hydrogen) atoms. The summed E-state index contributed by atoms with van der Waals surface area (Å²) in [5.74, 6) is 0.798. The fraction of sp³-hybridized carbons (Fsp3) is 0.600. The Morgan fingerprint density at radius 3 is 3.00 bits per heavy atom. The fourth-order valence-corrected chi connectivity index (χ4v) is 2.84. The lowest BCUT2D eigenvalue weighted by Gasteiger charge is -2.31. The summed E-state index contributed by atoms with van der Waals surface area (Å²) in [6, 6.07) is 6.32. The van der Waals surface area contributed by atoms with Gasteiger partial charge in [-0.3, -0.25) is 4.90 Å². The maximum Gasteiger partial charge on any atom is 0.0362 e. The van der Waals surface area contributed by atoms with Gasteiger partial charge in [0.15, 0.2) is 0 Å². The van der Waals surface area contributed by atoms with Crippen molar-refractivity contribution in [2.45, 2.75) is 39.7 Å². The maximum atomic E-state index is 6.07. The van der Waals surface area contributed by atoms with Crippen LogP contribution in [-0.4, -0.2) is 18.0 Å². The van der Waals surface area contributed by atoms with Gasteiger partial charge in [0.1, 0.15) is 0 Å². The molecule has 0 aromatic heterocycles. The number of hydrogen-bond acceptors (Lipinski definition) is 2. The Morgan fingerprint density at radius 1 is 1.41 bits per heavy atom. The van der Waals surface area contributed by atoms with Gasteiger partial charge < -0.3 is 5.73 Å². The monoisotopic (exact) mass is 232 g/mol. The zero-order valence-corrected chi connectivity index (χ0v) is 11.1. The van der Waals surface area contributed by atoms with Gasteiger partial charge >= 0.3 is 0 Å². The van der Waals surface area contributed by atoms with Crippen molar-refractivity contribution in [2.75, 3.05) is 18.8 Å². The molecule has 1 heterocycles. The third kappa shape index (κ3) is 3.01. The summed E-state index contributed by atoms with van der Waals surface area (Å²) in [4.78, 5) is 2.55. The van der Waals surface area contributed by atoms with Gasteiger partial charge in [0.25, 0.3) is 0 Å². The second kappa shape index (κ2) is 5.54. The number of benzene rings is 1. The Kier molecular flexibility index (Phi) is 4.06. The van der Waals surface area contributed by atoms with Crippen LogP contribution in [0.25, 0.3) is 0 Å². The van der Waals surface area contributed by atoms with Crippen molar-refractivity contribution in [2.24, 2.45) is 5.92 Å². The molecule has 0 spiro atoms. The second-order valence-electron chi connectivity index (χ2n) is 5.36. The van der Waals surface area contributed by atoms with E-state index in [-0.39, 0.29) is 0 Å². The Hall–Kier alpha value is -1.02. The van der Waals surface area contributed by atoms with Gasteiger partial charge in [0, 0.05) is 25.3 Å². The van der Waals surface area contributed by atoms with E-state index in [9.17, 15) is 0 Å². The van der Waals surface area contributed by atoms with Gasteiger partial charge in [-0.2, -0.15) is 0 Å². The second-order valence-corrected chi connectivity index (χ2v) is 5.36. The van der Waals surface area contributed by atoms with Crippen LogP contribution < -0.4 is 5.73 Å². The molecule has 1 aliphatic heterocycles. The molecule has 1 atom stereocenters. The number of nitrogen functional groups attached to an aromatic ring is 1. The maximum absolute atomic E-state index is 6.07. The van der Waals surface area contributed by atoms with E-state index >= 15 is 0 Å². The van der Waals surface area contributed by atoms with E-state index in [1.807, 2.05) is 6.07 Å². The first kappa shape index (κ1) is 12.4. The van der Waals surface area contributed by atoms with E-state index in [1.165, 1.54) is 37.1 Å². The molecule has 2 rings (SSSR count). The summed E-state index contributed by atoms with van der Waals surface area (Å²) in [6.45, 7) is 8.05. The normalized spacial score (nSPS) is 17.8. The molecule has 0 saturated carbocycles. The molecule has 2 nitrogen and oxygen atoms in total. The van der Waals surface area contributed by atoms with E-state index in [4.69, 9.17) is 5.73 Å². The predicted molar refractivity (Wildman–Crippen MR) is 73.9 cm³/mol. The van der Waals surface area contributed by atoms with Crippen LogP contribution in [0.3, 0.4) is 0 Å². The fourth-order valence-electron chi connectivity index (χ4n) is 2.84. The summed E-state index contributed by atoms with van der Waals surface area (Å²) in [7, 11) is 0. The highest BCUT2D eigenvalue weighted by Crippen LogP contribution is 2.25. The first-order valence-corrected chi connectivity index (χ1v) is 6.79. The predicted octanol–water partition coefficient (Wildman–Crippen LogP) is 3.06. The van der Waals surface area contributed by atoms with Crippen LogP contribution >= 0.6 is 0 Å². The third-order valence-electron chi connectivity index (χ3n) is 3.74.